The SMILES string of the molecule is Cn1nnnc1SCC1=C(C(=O)O)N2C(=O)C(NC(=O)C(NC(=O)N3CCOC3=O)c3ccc(O)cc3)[C@H]2SC1. The van der Waals surface area contributed by atoms with E-state index in [0.717, 1.165) is 9.80 Å². The van der Waals surface area contributed by atoms with E-state index in [0.29, 0.717) is 10.7 Å². The summed E-state index contributed by atoms with van der Waals surface area (Å²) in [7, 11) is 1.65. The number of cyclic esters (lactones) is 1. The average molecular weight is 591 g/mol. The molecule has 1 aromatic heterocycles. The lowest BCUT2D eigenvalue weighted by atomic mass is 10.0. The fourth-order valence-corrected chi connectivity index (χ4v) is 6.61. The van der Waals surface area contributed by atoms with Gasteiger partial charge in [0.25, 0.3) is 5.91 Å². The number of aliphatic carboxylic acids is 1. The standard InChI is InChI=1S/C22H22N8O8S2/c1-28-21(25-26-27-28)40-9-11-8-39-18-14(17(33)30(18)15(11)19(34)35)23-16(32)13(10-2-4-12(31)5-3-10)24-20(36)29-6-7-38-22(29)37/h2-5,13-14,18,31H,6-9H2,1H3,(H,23,32)(H,24,36)(H,34,35)/t13?,14?,18-/m1/s1. The number of urea groups is 1. The molecule has 0 aliphatic carbocycles. The number of hydrogen-bond acceptors (Lipinski definition) is 12. The summed E-state index contributed by atoms with van der Waals surface area (Å²) in [6.45, 7) is 0.0184. The van der Waals surface area contributed by atoms with Crippen molar-refractivity contribution in [2.75, 3.05) is 24.7 Å². The van der Waals surface area contributed by atoms with Crippen molar-refractivity contribution < 1.29 is 38.9 Å². The van der Waals surface area contributed by atoms with E-state index in [1.54, 1.807) is 7.05 Å². The normalized spacial score (nSPS) is 20.9. The molecule has 3 aliphatic heterocycles. The highest BCUT2D eigenvalue weighted by Crippen LogP contribution is 2.41. The average Bonchev–Trinajstić information content (AvgIpc) is 3.56. The van der Waals surface area contributed by atoms with Crippen molar-refractivity contribution in [1.82, 2.24) is 40.6 Å². The third-order valence-corrected chi connectivity index (χ3v) is 8.70. The van der Waals surface area contributed by atoms with E-state index in [4.69, 9.17) is 4.74 Å². The van der Waals surface area contributed by atoms with Crippen LogP contribution in [0.5, 0.6) is 5.75 Å². The van der Waals surface area contributed by atoms with E-state index in [-0.39, 0.29) is 41.7 Å². The number of benzene rings is 1. The van der Waals surface area contributed by atoms with Crippen LogP contribution in [0.15, 0.2) is 40.7 Å². The van der Waals surface area contributed by atoms with E-state index in [1.165, 1.54) is 52.5 Å². The summed E-state index contributed by atoms with van der Waals surface area (Å²) in [5.74, 6) is -2.20. The monoisotopic (exact) mass is 590 g/mol. The molecule has 5 amide bonds. The van der Waals surface area contributed by atoms with Crippen LogP contribution in [0.4, 0.5) is 9.59 Å². The maximum atomic E-state index is 13.4. The van der Waals surface area contributed by atoms with Gasteiger partial charge in [-0.25, -0.2) is 24.0 Å². The van der Waals surface area contributed by atoms with Gasteiger partial charge in [0.2, 0.25) is 11.1 Å². The number of carboxylic acids is 1. The number of β-lactam (4-membered cyclic amide) rings is 1. The van der Waals surface area contributed by atoms with Crippen LogP contribution in [0.25, 0.3) is 0 Å². The second kappa shape index (κ2) is 11.0. The second-order valence-corrected chi connectivity index (χ2v) is 10.8. The highest BCUT2D eigenvalue weighted by atomic mass is 32.2. The van der Waals surface area contributed by atoms with Crippen molar-refractivity contribution in [3.8, 4) is 5.75 Å². The Kier molecular flexibility index (Phi) is 7.53. The number of aryl methyl sites for hydroxylation is 1. The van der Waals surface area contributed by atoms with Gasteiger partial charge in [-0.2, -0.15) is 0 Å². The van der Waals surface area contributed by atoms with Crippen LogP contribution < -0.4 is 10.6 Å². The first kappa shape index (κ1) is 27.3. The molecule has 2 aromatic rings. The molecule has 18 heteroatoms. The van der Waals surface area contributed by atoms with Gasteiger partial charge in [-0.3, -0.25) is 14.5 Å². The van der Waals surface area contributed by atoms with Crippen LogP contribution in [0, 0.1) is 0 Å². The molecular weight excluding hydrogens is 568 g/mol. The van der Waals surface area contributed by atoms with Crippen LogP contribution in [0.1, 0.15) is 11.6 Å². The number of carboxylic acid groups (broad SMARTS) is 1. The highest BCUT2D eigenvalue weighted by Gasteiger charge is 2.54. The summed E-state index contributed by atoms with van der Waals surface area (Å²) < 4.78 is 6.22. The number of amides is 5. The largest absolute Gasteiger partial charge is 0.508 e. The first-order chi connectivity index (χ1) is 19.2. The fourth-order valence-electron chi connectivity index (χ4n) is 4.27. The molecule has 4 N–H and O–H groups in total. The number of phenolic OH excluding ortho intramolecular Hbond substituents is 1. The number of nitrogens with zero attached hydrogens (tertiary/aromatic N) is 6. The van der Waals surface area contributed by atoms with E-state index in [9.17, 15) is 34.2 Å². The molecule has 3 atom stereocenters. The summed E-state index contributed by atoms with van der Waals surface area (Å²) in [5, 5.41) is 35.6. The van der Waals surface area contributed by atoms with E-state index >= 15 is 0 Å². The van der Waals surface area contributed by atoms with E-state index < -0.39 is 47.4 Å². The number of phenols is 1. The number of hydrogen-bond donors (Lipinski definition) is 4. The van der Waals surface area contributed by atoms with Crippen molar-refractivity contribution in [2.24, 2.45) is 7.05 Å². The van der Waals surface area contributed by atoms with Crippen LogP contribution in [-0.4, -0.2) is 106 Å². The van der Waals surface area contributed by atoms with E-state index in [1.807, 2.05) is 0 Å². The molecule has 16 nitrogen and oxygen atoms in total. The van der Waals surface area contributed by atoms with Crippen molar-refractivity contribution in [1.29, 1.82) is 0 Å². The van der Waals surface area contributed by atoms with Crippen LogP contribution in [0.2, 0.25) is 0 Å². The molecule has 0 bridgehead atoms. The third-order valence-electron chi connectivity index (χ3n) is 6.27. The van der Waals surface area contributed by atoms with Crippen molar-refractivity contribution in [3.63, 3.8) is 0 Å². The molecule has 5 rings (SSSR count). The molecule has 2 saturated heterocycles. The van der Waals surface area contributed by atoms with Crippen LogP contribution in [0.3, 0.4) is 0 Å². The predicted octanol–water partition coefficient (Wildman–Crippen LogP) is -0.350. The first-order valence-electron chi connectivity index (χ1n) is 11.7. The molecular formula is C22H22N8O8S2. The lowest BCUT2D eigenvalue weighted by Gasteiger charge is -2.49. The summed E-state index contributed by atoms with van der Waals surface area (Å²) in [6, 6.07) is 2.19. The summed E-state index contributed by atoms with van der Waals surface area (Å²) in [5.41, 5.74) is 0.629. The third kappa shape index (κ3) is 5.14. The van der Waals surface area contributed by atoms with Gasteiger partial charge in [0.1, 0.15) is 35.5 Å². The Hall–Kier alpha value is -4.32. The van der Waals surface area contributed by atoms with Crippen LogP contribution in [-0.2, 0) is 26.2 Å². The number of aromatic nitrogens is 4. The minimum absolute atomic E-state index is 0.00145. The quantitative estimate of drug-likeness (QED) is 0.229. The lowest BCUT2D eigenvalue weighted by molar-refractivity contribution is -0.151. The first-order valence-corrected chi connectivity index (χ1v) is 13.8. The number of aromatic hydroxyl groups is 1. The highest BCUT2D eigenvalue weighted by molar-refractivity contribution is 8.01. The van der Waals surface area contributed by atoms with Gasteiger partial charge in [-0.1, -0.05) is 23.9 Å². The van der Waals surface area contributed by atoms with Crippen molar-refractivity contribution in [2.45, 2.75) is 22.6 Å². The zero-order valence-electron chi connectivity index (χ0n) is 20.7. The Balaban J connectivity index is 1.31. The Morgan fingerprint density at radius 1 is 1.25 bits per heavy atom. The molecule has 2 unspecified atom stereocenters. The molecule has 210 valence electrons. The Morgan fingerprint density at radius 3 is 2.62 bits per heavy atom. The minimum Gasteiger partial charge on any atom is -0.508 e. The van der Waals surface area contributed by atoms with Gasteiger partial charge in [0.05, 0.1) is 6.54 Å². The number of thioether (sulfide) groups is 2. The van der Waals surface area contributed by atoms with E-state index in [2.05, 4.69) is 26.2 Å². The lowest BCUT2D eigenvalue weighted by Crippen LogP contribution is -2.71. The molecule has 4 heterocycles. The number of imide groups is 1. The second-order valence-electron chi connectivity index (χ2n) is 8.77. The maximum absolute atomic E-state index is 13.4. The number of nitrogens with one attached hydrogen (secondary N) is 2. The van der Waals surface area contributed by atoms with Crippen molar-refractivity contribution >= 4 is 53.4 Å². The van der Waals surface area contributed by atoms with Crippen LogP contribution >= 0.6 is 23.5 Å². The smallest absolute Gasteiger partial charge is 0.418 e. The summed E-state index contributed by atoms with van der Waals surface area (Å²) in [6.07, 6.45) is -0.858. The fraction of sp³-hybridized carbons (Fsp3) is 0.364. The summed E-state index contributed by atoms with van der Waals surface area (Å²) >= 11 is 2.52. The minimum atomic E-state index is -1.33. The van der Waals surface area contributed by atoms with Crippen molar-refractivity contribution in [3.05, 3.63) is 41.1 Å². The number of rotatable bonds is 8. The molecule has 1 aromatic carbocycles. The number of tetrazole rings is 1. The van der Waals surface area contributed by atoms with Gasteiger partial charge in [0.15, 0.2) is 0 Å². The predicted molar refractivity (Wildman–Crippen MR) is 137 cm³/mol. The molecule has 2 fully saturated rings. The summed E-state index contributed by atoms with van der Waals surface area (Å²) in [4.78, 5) is 65.1. The van der Waals surface area contributed by atoms with Gasteiger partial charge in [0, 0.05) is 18.6 Å². The zero-order chi connectivity index (χ0) is 28.6. The maximum Gasteiger partial charge on any atom is 0.418 e. The Labute approximate surface area is 234 Å². The Bertz CT molecular complexity index is 1410. The molecule has 3 aliphatic rings. The number of fused-ring (bicyclic) bond motifs is 1. The number of carbonyl (C=O) groups excluding carboxylic acids is 4. The van der Waals surface area contributed by atoms with Gasteiger partial charge >= 0.3 is 18.1 Å². The topological polar surface area (TPSA) is 209 Å². The molecule has 0 radical (unpaired) electrons. The molecule has 40 heavy (non-hydrogen) atoms. The van der Waals surface area contributed by atoms with Gasteiger partial charge in [-0.15, -0.1) is 16.9 Å². The Morgan fingerprint density at radius 2 is 2.00 bits per heavy atom. The molecule has 0 saturated carbocycles. The van der Waals surface area contributed by atoms with Gasteiger partial charge in [-0.05, 0) is 33.7 Å². The zero-order valence-corrected chi connectivity index (χ0v) is 22.3. The number of carbonyl (C=O) groups is 5. The number of ether oxygens (including phenoxy) is 1. The molecule has 0 spiro atoms. The van der Waals surface area contributed by atoms with Gasteiger partial charge < -0.3 is 25.6 Å².